The standard InChI is InChI=1S/C16H20N2OS/c19-16(14-9-11-3-4-12(14)8-11)18-6-1-2-13(10-18)15-17-5-7-20-15/h3-5,7,11-14H,1-2,6,8-10H2. The first kappa shape index (κ1) is 12.6. The molecule has 0 spiro atoms. The second-order valence-corrected chi connectivity index (χ2v) is 7.31. The Morgan fingerprint density at radius 1 is 1.35 bits per heavy atom. The van der Waals surface area contributed by atoms with Crippen molar-refractivity contribution in [3.8, 4) is 0 Å². The molecule has 1 aromatic rings. The van der Waals surface area contributed by atoms with Gasteiger partial charge in [-0.15, -0.1) is 11.3 Å². The lowest BCUT2D eigenvalue weighted by molar-refractivity contribution is -0.137. The van der Waals surface area contributed by atoms with E-state index in [1.165, 1.54) is 17.8 Å². The molecule has 4 atom stereocenters. The number of thiazole rings is 1. The number of fused-ring (bicyclic) bond motifs is 2. The van der Waals surface area contributed by atoms with Crippen molar-refractivity contribution in [2.75, 3.05) is 13.1 Å². The molecule has 1 aliphatic heterocycles. The molecule has 2 aliphatic carbocycles. The summed E-state index contributed by atoms with van der Waals surface area (Å²) in [4.78, 5) is 19.3. The van der Waals surface area contributed by atoms with Gasteiger partial charge in [-0.05, 0) is 37.5 Å². The number of aromatic nitrogens is 1. The van der Waals surface area contributed by atoms with Crippen molar-refractivity contribution in [2.45, 2.75) is 31.6 Å². The number of likely N-dealkylation sites (tertiary alicyclic amines) is 1. The number of allylic oxidation sites excluding steroid dienone is 2. The monoisotopic (exact) mass is 288 g/mol. The number of nitrogens with zero attached hydrogens (tertiary/aromatic N) is 2. The summed E-state index contributed by atoms with van der Waals surface area (Å²) >= 11 is 1.73. The topological polar surface area (TPSA) is 33.2 Å². The Hall–Kier alpha value is -1.16. The van der Waals surface area contributed by atoms with Crippen molar-refractivity contribution in [3.63, 3.8) is 0 Å². The third-order valence-corrected chi connectivity index (χ3v) is 6.07. The highest BCUT2D eigenvalue weighted by atomic mass is 32.1. The highest BCUT2D eigenvalue weighted by Gasteiger charge is 2.42. The van der Waals surface area contributed by atoms with Gasteiger partial charge < -0.3 is 4.90 Å². The van der Waals surface area contributed by atoms with Crippen LogP contribution in [0.5, 0.6) is 0 Å². The van der Waals surface area contributed by atoms with E-state index in [1.54, 1.807) is 11.3 Å². The number of hydrogen-bond acceptors (Lipinski definition) is 3. The minimum atomic E-state index is 0.264. The number of rotatable bonds is 2. The molecule has 0 aromatic carbocycles. The number of carbonyl (C=O) groups is 1. The fourth-order valence-electron chi connectivity index (χ4n) is 4.11. The SMILES string of the molecule is O=C(C1CC2C=CC1C2)N1CCCC(c2nccs2)C1. The van der Waals surface area contributed by atoms with Gasteiger partial charge in [-0.1, -0.05) is 12.2 Å². The lowest BCUT2D eigenvalue weighted by atomic mass is 9.90. The van der Waals surface area contributed by atoms with Crippen LogP contribution in [0, 0.1) is 17.8 Å². The molecule has 4 rings (SSSR count). The summed E-state index contributed by atoms with van der Waals surface area (Å²) in [5.41, 5.74) is 0. The number of amides is 1. The van der Waals surface area contributed by atoms with Crippen molar-refractivity contribution in [1.82, 2.24) is 9.88 Å². The van der Waals surface area contributed by atoms with E-state index >= 15 is 0 Å². The minimum Gasteiger partial charge on any atom is -0.342 e. The van der Waals surface area contributed by atoms with Crippen LogP contribution in [0.3, 0.4) is 0 Å². The molecule has 2 fully saturated rings. The van der Waals surface area contributed by atoms with Crippen molar-refractivity contribution in [2.24, 2.45) is 17.8 Å². The van der Waals surface area contributed by atoms with E-state index < -0.39 is 0 Å². The van der Waals surface area contributed by atoms with Gasteiger partial charge in [0, 0.05) is 36.5 Å². The molecule has 3 nitrogen and oxygen atoms in total. The fraction of sp³-hybridized carbons (Fsp3) is 0.625. The highest BCUT2D eigenvalue weighted by molar-refractivity contribution is 7.09. The lowest BCUT2D eigenvalue weighted by Crippen LogP contribution is -2.43. The molecule has 1 saturated carbocycles. The zero-order valence-corrected chi connectivity index (χ0v) is 12.4. The fourth-order valence-corrected chi connectivity index (χ4v) is 4.88. The average Bonchev–Trinajstić information content (AvgIpc) is 3.23. The quantitative estimate of drug-likeness (QED) is 0.784. The van der Waals surface area contributed by atoms with E-state index in [0.717, 1.165) is 25.9 Å². The minimum absolute atomic E-state index is 0.264. The third kappa shape index (κ3) is 2.10. The van der Waals surface area contributed by atoms with Crippen LogP contribution in [-0.2, 0) is 4.79 Å². The molecule has 20 heavy (non-hydrogen) atoms. The average molecular weight is 288 g/mol. The summed E-state index contributed by atoms with van der Waals surface area (Å²) in [5.74, 6) is 2.33. The smallest absolute Gasteiger partial charge is 0.226 e. The summed E-state index contributed by atoms with van der Waals surface area (Å²) in [5, 5.41) is 3.24. The first-order chi connectivity index (χ1) is 9.81. The van der Waals surface area contributed by atoms with E-state index in [-0.39, 0.29) is 5.92 Å². The zero-order chi connectivity index (χ0) is 13.5. The Morgan fingerprint density at radius 2 is 2.30 bits per heavy atom. The number of hydrogen-bond donors (Lipinski definition) is 0. The van der Waals surface area contributed by atoms with Gasteiger partial charge in [-0.3, -0.25) is 4.79 Å². The molecule has 4 heteroatoms. The van der Waals surface area contributed by atoms with E-state index in [1.807, 2.05) is 11.6 Å². The first-order valence-electron chi connectivity index (χ1n) is 7.68. The molecular weight excluding hydrogens is 268 g/mol. The van der Waals surface area contributed by atoms with Gasteiger partial charge >= 0.3 is 0 Å². The van der Waals surface area contributed by atoms with Crippen LogP contribution in [0.15, 0.2) is 23.7 Å². The highest BCUT2D eigenvalue weighted by Crippen LogP contribution is 2.44. The molecule has 2 heterocycles. The Labute approximate surface area is 123 Å². The Balaban J connectivity index is 1.46. The Bertz CT molecular complexity index is 525. The Morgan fingerprint density at radius 3 is 3.00 bits per heavy atom. The van der Waals surface area contributed by atoms with E-state index in [2.05, 4.69) is 22.0 Å². The summed E-state index contributed by atoms with van der Waals surface area (Å²) < 4.78 is 0. The van der Waals surface area contributed by atoms with Gasteiger partial charge in [0.1, 0.15) is 0 Å². The molecule has 0 radical (unpaired) electrons. The molecule has 1 aromatic heterocycles. The van der Waals surface area contributed by atoms with Crippen molar-refractivity contribution >= 4 is 17.2 Å². The molecule has 0 N–H and O–H groups in total. The second-order valence-electron chi connectivity index (χ2n) is 6.38. The largest absolute Gasteiger partial charge is 0.342 e. The predicted molar refractivity (Wildman–Crippen MR) is 79.5 cm³/mol. The maximum Gasteiger partial charge on any atom is 0.226 e. The Kier molecular flexibility index (Phi) is 3.14. The normalized spacial score (nSPS) is 35.7. The maximum atomic E-state index is 12.8. The molecule has 2 bridgehead atoms. The molecule has 4 unspecified atom stereocenters. The summed E-state index contributed by atoms with van der Waals surface area (Å²) in [7, 11) is 0. The van der Waals surface area contributed by atoms with Crippen LogP contribution in [0.1, 0.15) is 36.6 Å². The van der Waals surface area contributed by atoms with Gasteiger partial charge in [0.05, 0.1) is 5.01 Å². The van der Waals surface area contributed by atoms with Gasteiger partial charge in [0.2, 0.25) is 5.91 Å². The molecule has 1 saturated heterocycles. The van der Waals surface area contributed by atoms with Crippen molar-refractivity contribution in [3.05, 3.63) is 28.7 Å². The van der Waals surface area contributed by atoms with Gasteiger partial charge in [-0.25, -0.2) is 4.98 Å². The van der Waals surface area contributed by atoms with E-state index in [4.69, 9.17) is 0 Å². The van der Waals surface area contributed by atoms with Crippen LogP contribution in [-0.4, -0.2) is 28.9 Å². The van der Waals surface area contributed by atoms with E-state index in [9.17, 15) is 4.79 Å². The molecule has 1 amide bonds. The maximum absolute atomic E-state index is 12.8. The van der Waals surface area contributed by atoms with Crippen LogP contribution in [0.25, 0.3) is 0 Å². The molecular formula is C16H20N2OS. The number of carbonyl (C=O) groups excluding carboxylic acids is 1. The van der Waals surface area contributed by atoms with Gasteiger partial charge in [-0.2, -0.15) is 0 Å². The van der Waals surface area contributed by atoms with Crippen LogP contribution >= 0.6 is 11.3 Å². The summed E-state index contributed by atoms with van der Waals surface area (Å²) in [6.07, 6.45) is 11.0. The number of piperidine rings is 1. The van der Waals surface area contributed by atoms with Crippen LogP contribution in [0.4, 0.5) is 0 Å². The summed E-state index contributed by atoms with van der Waals surface area (Å²) in [6.45, 7) is 1.82. The molecule has 3 aliphatic rings. The third-order valence-electron chi connectivity index (χ3n) is 5.13. The van der Waals surface area contributed by atoms with E-state index in [0.29, 0.717) is 23.7 Å². The second kappa shape index (κ2) is 4.99. The van der Waals surface area contributed by atoms with Gasteiger partial charge in [0.15, 0.2) is 0 Å². The van der Waals surface area contributed by atoms with Crippen molar-refractivity contribution in [1.29, 1.82) is 0 Å². The lowest BCUT2D eigenvalue weighted by Gasteiger charge is -2.34. The predicted octanol–water partition coefficient (Wildman–Crippen LogP) is 3.06. The van der Waals surface area contributed by atoms with Crippen molar-refractivity contribution < 1.29 is 4.79 Å². The zero-order valence-electron chi connectivity index (χ0n) is 11.6. The van der Waals surface area contributed by atoms with Crippen LogP contribution in [0.2, 0.25) is 0 Å². The first-order valence-corrected chi connectivity index (χ1v) is 8.55. The molecule has 106 valence electrons. The summed E-state index contributed by atoms with van der Waals surface area (Å²) in [6, 6.07) is 0. The van der Waals surface area contributed by atoms with Gasteiger partial charge in [0.25, 0.3) is 0 Å². The van der Waals surface area contributed by atoms with Crippen LogP contribution < -0.4 is 0 Å².